The first kappa shape index (κ1) is 16.9. The Bertz CT molecular complexity index is 1150. The zero-order valence-corrected chi connectivity index (χ0v) is 15.8. The van der Waals surface area contributed by atoms with E-state index in [0.29, 0.717) is 0 Å². The van der Waals surface area contributed by atoms with Crippen LogP contribution >= 0.6 is 0 Å². The number of nitrogens with zero attached hydrogens (tertiary/aromatic N) is 2. The van der Waals surface area contributed by atoms with E-state index in [9.17, 15) is 5.11 Å². The average molecular weight is 368 g/mol. The molecule has 0 aromatic heterocycles. The van der Waals surface area contributed by atoms with Crippen molar-refractivity contribution in [1.29, 1.82) is 0 Å². The zero-order chi connectivity index (χ0) is 19.1. The van der Waals surface area contributed by atoms with Crippen molar-refractivity contribution in [1.82, 2.24) is 0 Å². The topological polar surface area (TPSA) is 40.3 Å². The maximum atomic E-state index is 9.44. The number of aliphatic hydroxyl groups excluding tert-OH is 1. The van der Waals surface area contributed by atoms with Gasteiger partial charge in [-0.2, -0.15) is 4.99 Å². The Morgan fingerprint density at radius 2 is 1.86 bits per heavy atom. The van der Waals surface area contributed by atoms with Crippen molar-refractivity contribution in [3.8, 4) is 0 Å². The molecule has 0 aliphatic carbocycles. The van der Waals surface area contributed by atoms with Crippen LogP contribution in [-0.4, -0.2) is 17.6 Å². The predicted octanol–water partition coefficient (Wildman–Crippen LogP) is 3.31. The van der Waals surface area contributed by atoms with Gasteiger partial charge in [-0.05, 0) is 35.4 Å². The number of aliphatic hydroxyl groups is 1. The second kappa shape index (κ2) is 6.75. The molecule has 0 radical (unpaired) electrons. The van der Waals surface area contributed by atoms with Crippen molar-refractivity contribution in [2.24, 2.45) is 4.99 Å². The quantitative estimate of drug-likeness (QED) is 0.745. The van der Waals surface area contributed by atoms with Crippen molar-refractivity contribution < 1.29 is 10.0 Å². The Labute approximate surface area is 164 Å². The van der Waals surface area contributed by atoms with Gasteiger partial charge in [-0.25, -0.2) is 4.90 Å². The van der Waals surface area contributed by atoms with Gasteiger partial charge >= 0.3 is 0 Å². The average Bonchev–Trinajstić information content (AvgIpc) is 3.18. The fourth-order valence-corrected chi connectivity index (χ4v) is 4.03. The van der Waals surface area contributed by atoms with E-state index < -0.39 is 0 Å². The van der Waals surface area contributed by atoms with Gasteiger partial charge < -0.3 is 5.11 Å². The second-order valence-electron chi connectivity index (χ2n) is 7.31. The summed E-state index contributed by atoms with van der Waals surface area (Å²) < 4.78 is 0. The highest BCUT2D eigenvalue weighted by molar-refractivity contribution is 6.02. The summed E-state index contributed by atoms with van der Waals surface area (Å²) in [7, 11) is 0. The highest BCUT2D eigenvalue weighted by atomic mass is 16.3. The lowest BCUT2D eigenvalue weighted by molar-refractivity contribution is -0.742. The van der Waals surface area contributed by atoms with Crippen LogP contribution in [0.4, 0.5) is 5.69 Å². The standard InChI is InChI=1S/C24H21N3O/c1-17-13-26(20-9-4-6-18(12-20)15-28)16-27-14-23(25-24(17)27)22-11-5-8-19-7-2-3-10-21(19)22/h2-14,28H,15-16H2,1H3/p+1. The molecule has 0 bridgehead atoms. The number of rotatable bonds is 3. The third kappa shape index (κ3) is 2.83. The molecule has 0 saturated carbocycles. The Balaban J connectivity index is 1.52. The smallest absolute Gasteiger partial charge is 0.237 e. The third-order valence-corrected chi connectivity index (χ3v) is 5.40. The summed E-state index contributed by atoms with van der Waals surface area (Å²) in [4.78, 5) is 8.44. The number of quaternary nitrogens is 1. The van der Waals surface area contributed by atoms with Crippen molar-refractivity contribution in [3.63, 3.8) is 0 Å². The molecule has 0 fully saturated rings. The minimum Gasteiger partial charge on any atom is -0.392 e. The molecule has 4 nitrogen and oxygen atoms in total. The van der Waals surface area contributed by atoms with Crippen LogP contribution in [0.2, 0.25) is 0 Å². The lowest BCUT2D eigenvalue weighted by atomic mass is 10.0. The van der Waals surface area contributed by atoms with Crippen molar-refractivity contribution in [2.45, 2.75) is 13.5 Å². The summed E-state index contributed by atoms with van der Waals surface area (Å²) >= 11 is 0. The molecule has 2 aliphatic heterocycles. The predicted molar refractivity (Wildman–Crippen MR) is 114 cm³/mol. The first-order valence-corrected chi connectivity index (χ1v) is 9.53. The SMILES string of the molecule is CC1=CN(c2cccc(CO)c2)C[NH+]2C=C(c3cccc4ccccc34)N=C12. The van der Waals surface area contributed by atoms with Crippen molar-refractivity contribution in [2.75, 3.05) is 11.6 Å². The lowest BCUT2D eigenvalue weighted by Crippen LogP contribution is -3.12. The molecule has 1 atom stereocenters. The van der Waals surface area contributed by atoms with Crippen molar-refractivity contribution in [3.05, 3.63) is 95.8 Å². The van der Waals surface area contributed by atoms with Crippen LogP contribution in [0.5, 0.6) is 0 Å². The molecule has 138 valence electrons. The van der Waals surface area contributed by atoms with Gasteiger partial charge in [0.15, 0.2) is 6.67 Å². The Morgan fingerprint density at radius 1 is 1.04 bits per heavy atom. The maximum Gasteiger partial charge on any atom is 0.237 e. The van der Waals surface area contributed by atoms with Gasteiger partial charge in [-0.15, -0.1) is 0 Å². The van der Waals surface area contributed by atoms with Crippen LogP contribution in [0, 0.1) is 0 Å². The molecule has 0 saturated heterocycles. The van der Waals surface area contributed by atoms with Crippen LogP contribution < -0.4 is 9.80 Å². The van der Waals surface area contributed by atoms with E-state index in [-0.39, 0.29) is 6.61 Å². The normalized spacial score (nSPS) is 18.6. The molecule has 28 heavy (non-hydrogen) atoms. The second-order valence-corrected chi connectivity index (χ2v) is 7.31. The number of amidine groups is 1. The minimum atomic E-state index is 0.0544. The van der Waals surface area contributed by atoms with Crippen molar-refractivity contribution >= 4 is 28.0 Å². The molecule has 3 aromatic rings. The number of benzene rings is 3. The largest absolute Gasteiger partial charge is 0.392 e. The summed E-state index contributed by atoms with van der Waals surface area (Å²) in [5, 5.41) is 11.9. The molecular weight excluding hydrogens is 346 g/mol. The summed E-state index contributed by atoms with van der Waals surface area (Å²) in [6.45, 7) is 2.94. The molecular formula is C24H22N3O+. The van der Waals surface area contributed by atoms with Gasteiger partial charge in [0.1, 0.15) is 11.9 Å². The van der Waals surface area contributed by atoms with Gasteiger partial charge in [0.25, 0.3) is 0 Å². The summed E-state index contributed by atoms with van der Waals surface area (Å²) in [5.74, 6) is 1.08. The van der Waals surface area contributed by atoms with Gasteiger partial charge in [0, 0.05) is 23.0 Å². The first-order valence-electron chi connectivity index (χ1n) is 9.53. The van der Waals surface area contributed by atoms with E-state index >= 15 is 0 Å². The van der Waals surface area contributed by atoms with E-state index in [1.165, 1.54) is 21.2 Å². The number of aliphatic imine (C=N–C) groups is 1. The number of anilines is 1. The molecule has 1 unspecified atom stereocenters. The summed E-state index contributed by atoms with van der Waals surface area (Å²) in [6, 6.07) is 22.9. The van der Waals surface area contributed by atoms with E-state index in [1.54, 1.807) is 0 Å². The van der Waals surface area contributed by atoms with Gasteiger partial charge in [0.05, 0.1) is 6.61 Å². The van der Waals surface area contributed by atoms with E-state index in [2.05, 4.69) is 72.8 Å². The number of nitrogens with one attached hydrogen (secondary N) is 1. The van der Waals surface area contributed by atoms with Crippen LogP contribution in [-0.2, 0) is 6.61 Å². The third-order valence-electron chi connectivity index (χ3n) is 5.40. The molecule has 2 aliphatic rings. The van der Waals surface area contributed by atoms with E-state index in [0.717, 1.165) is 35.0 Å². The lowest BCUT2D eigenvalue weighted by Gasteiger charge is -2.28. The maximum absolute atomic E-state index is 9.44. The Kier molecular flexibility index (Phi) is 4.08. The molecule has 0 spiro atoms. The fraction of sp³-hybridized carbons (Fsp3) is 0.125. The number of hydrogen-bond donors (Lipinski definition) is 2. The van der Waals surface area contributed by atoms with E-state index in [1.807, 2.05) is 18.2 Å². The van der Waals surface area contributed by atoms with Gasteiger partial charge in [0.2, 0.25) is 5.84 Å². The highest BCUT2D eigenvalue weighted by Gasteiger charge is 2.32. The Hall–Kier alpha value is -3.21. The van der Waals surface area contributed by atoms with Crippen LogP contribution in [0.3, 0.4) is 0 Å². The minimum absolute atomic E-state index is 0.0544. The number of hydrogen-bond acceptors (Lipinski definition) is 3. The molecule has 0 amide bonds. The Morgan fingerprint density at radius 3 is 2.75 bits per heavy atom. The molecule has 5 rings (SSSR count). The molecule has 4 heteroatoms. The van der Waals surface area contributed by atoms with Crippen LogP contribution in [0.15, 0.2) is 89.7 Å². The summed E-state index contributed by atoms with van der Waals surface area (Å²) in [6.07, 6.45) is 4.37. The summed E-state index contributed by atoms with van der Waals surface area (Å²) in [5.41, 5.74) is 5.37. The zero-order valence-electron chi connectivity index (χ0n) is 15.8. The monoisotopic (exact) mass is 368 g/mol. The molecule has 2 N–H and O–H groups in total. The fourth-order valence-electron chi connectivity index (χ4n) is 4.03. The van der Waals surface area contributed by atoms with Gasteiger partial charge in [-0.3, -0.25) is 4.90 Å². The van der Waals surface area contributed by atoms with Crippen LogP contribution in [0.25, 0.3) is 16.5 Å². The van der Waals surface area contributed by atoms with Crippen LogP contribution in [0.1, 0.15) is 18.1 Å². The molecule has 3 aromatic carbocycles. The van der Waals surface area contributed by atoms with E-state index in [4.69, 9.17) is 4.99 Å². The first-order chi connectivity index (χ1) is 13.7. The van der Waals surface area contributed by atoms with Gasteiger partial charge in [-0.1, -0.05) is 54.6 Å². The number of fused-ring (bicyclic) bond motifs is 2. The highest BCUT2D eigenvalue weighted by Crippen LogP contribution is 2.28. The molecule has 2 heterocycles.